The molecule has 0 aliphatic carbocycles. The molecule has 4 heterocycles. The van der Waals surface area contributed by atoms with Crippen LogP contribution in [0.5, 0.6) is 0 Å². The highest BCUT2D eigenvalue weighted by Gasteiger charge is 2.23. The molecule has 3 N–H and O–H groups in total. The van der Waals surface area contributed by atoms with Crippen LogP contribution in [0, 0.1) is 5.92 Å². The first-order valence-corrected chi connectivity index (χ1v) is 9.33. The number of aromatic amines is 1. The van der Waals surface area contributed by atoms with Gasteiger partial charge in [0.15, 0.2) is 0 Å². The molecule has 2 aliphatic rings. The molecule has 2 aliphatic heterocycles. The van der Waals surface area contributed by atoms with Gasteiger partial charge >= 0.3 is 0 Å². The van der Waals surface area contributed by atoms with Gasteiger partial charge in [-0.15, -0.1) is 0 Å². The summed E-state index contributed by atoms with van der Waals surface area (Å²) in [6, 6.07) is 2.31. The molecule has 25 heavy (non-hydrogen) atoms. The lowest BCUT2D eigenvalue weighted by atomic mass is 10.00. The second-order valence-electron chi connectivity index (χ2n) is 7.05. The van der Waals surface area contributed by atoms with Gasteiger partial charge in [-0.3, -0.25) is 0 Å². The summed E-state index contributed by atoms with van der Waals surface area (Å²) < 4.78 is 11.5. The number of aromatic nitrogens is 3. The summed E-state index contributed by atoms with van der Waals surface area (Å²) in [5.74, 6) is 1.64. The Labute approximate surface area is 147 Å². The minimum Gasteiger partial charge on any atom is -0.381 e. The molecule has 0 radical (unpaired) electrons. The average Bonchev–Trinajstić information content (AvgIpc) is 3.14. The van der Waals surface area contributed by atoms with Crippen LogP contribution in [0.25, 0.3) is 11.0 Å². The van der Waals surface area contributed by atoms with Gasteiger partial charge in [0.25, 0.3) is 0 Å². The Morgan fingerprint density at radius 2 is 2.04 bits per heavy atom. The van der Waals surface area contributed by atoms with Crippen molar-refractivity contribution < 1.29 is 9.47 Å². The Bertz CT molecular complexity index is 662. The first-order chi connectivity index (χ1) is 12.4. The predicted molar refractivity (Wildman–Crippen MR) is 96.7 cm³/mol. The lowest BCUT2D eigenvalue weighted by Gasteiger charge is -2.31. The third-order valence-corrected chi connectivity index (χ3v) is 5.21. The van der Waals surface area contributed by atoms with Gasteiger partial charge in [-0.25, -0.2) is 9.97 Å². The third-order valence-electron chi connectivity index (χ3n) is 5.21. The zero-order chi connectivity index (χ0) is 16.9. The Morgan fingerprint density at radius 1 is 1.12 bits per heavy atom. The normalized spacial score (nSPS) is 25.3. The van der Waals surface area contributed by atoms with Gasteiger partial charge in [0.05, 0.1) is 24.1 Å². The monoisotopic (exact) mass is 345 g/mol. The largest absolute Gasteiger partial charge is 0.381 e. The van der Waals surface area contributed by atoms with Crippen molar-refractivity contribution in [3.8, 4) is 0 Å². The van der Waals surface area contributed by atoms with E-state index in [0.717, 1.165) is 68.5 Å². The number of ether oxygens (including phenoxy) is 2. The van der Waals surface area contributed by atoms with Crippen LogP contribution in [-0.2, 0) is 9.47 Å². The van der Waals surface area contributed by atoms with Crippen LogP contribution >= 0.6 is 0 Å². The summed E-state index contributed by atoms with van der Waals surface area (Å²) in [5, 5.41) is 8.12. The van der Waals surface area contributed by atoms with E-state index in [0.29, 0.717) is 12.1 Å². The third kappa shape index (κ3) is 4.29. The highest BCUT2D eigenvalue weighted by Crippen LogP contribution is 2.22. The van der Waals surface area contributed by atoms with Crippen molar-refractivity contribution in [3.63, 3.8) is 0 Å². The lowest BCUT2D eigenvalue weighted by Crippen LogP contribution is -2.41. The number of nitrogens with one attached hydrogen (secondary N) is 3. The van der Waals surface area contributed by atoms with Crippen molar-refractivity contribution in [1.82, 2.24) is 20.3 Å². The first-order valence-electron chi connectivity index (χ1n) is 9.33. The molecule has 2 aromatic heterocycles. The zero-order valence-electron chi connectivity index (χ0n) is 14.5. The van der Waals surface area contributed by atoms with Gasteiger partial charge in [0.2, 0.25) is 0 Å². The van der Waals surface area contributed by atoms with E-state index in [-0.39, 0.29) is 0 Å². The van der Waals surface area contributed by atoms with E-state index >= 15 is 0 Å². The molecule has 2 aromatic rings. The molecule has 0 spiro atoms. The summed E-state index contributed by atoms with van der Waals surface area (Å²) in [4.78, 5) is 11.7. The van der Waals surface area contributed by atoms with E-state index < -0.39 is 0 Å². The van der Waals surface area contributed by atoms with Gasteiger partial charge in [-0.2, -0.15) is 0 Å². The van der Waals surface area contributed by atoms with Crippen LogP contribution in [0.1, 0.15) is 25.7 Å². The maximum atomic E-state index is 6.04. The Morgan fingerprint density at radius 3 is 2.88 bits per heavy atom. The molecule has 2 fully saturated rings. The second kappa shape index (κ2) is 8.12. The molecule has 136 valence electrons. The summed E-state index contributed by atoms with van der Waals surface area (Å²) in [6.45, 7) is 4.57. The van der Waals surface area contributed by atoms with Crippen molar-refractivity contribution in [1.29, 1.82) is 0 Å². The number of hydrogen-bond acceptors (Lipinski definition) is 6. The quantitative estimate of drug-likeness (QED) is 0.742. The van der Waals surface area contributed by atoms with Gasteiger partial charge in [-0.05, 0) is 44.2 Å². The first kappa shape index (κ1) is 16.8. The Balaban J connectivity index is 1.20. The molecule has 0 unspecified atom stereocenters. The molecule has 2 saturated heterocycles. The van der Waals surface area contributed by atoms with E-state index in [9.17, 15) is 0 Å². The van der Waals surface area contributed by atoms with Gasteiger partial charge in [0.1, 0.15) is 17.8 Å². The van der Waals surface area contributed by atoms with Crippen molar-refractivity contribution in [3.05, 3.63) is 18.6 Å². The van der Waals surface area contributed by atoms with E-state index in [1.807, 2.05) is 12.3 Å². The fourth-order valence-electron chi connectivity index (χ4n) is 3.66. The summed E-state index contributed by atoms with van der Waals surface area (Å²) in [6.07, 6.45) is 8.32. The highest BCUT2D eigenvalue weighted by molar-refractivity contribution is 5.86. The van der Waals surface area contributed by atoms with Crippen LogP contribution in [0.3, 0.4) is 0 Å². The maximum Gasteiger partial charge on any atom is 0.142 e. The van der Waals surface area contributed by atoms with E-state index in [4.69, 9.17) is 9.47 Å². The minimum absolute atomic E-state index is 0.305. The number of H-pyrrole nitrogens is 1. The Hall–Kier alpha value is -1.70. The average molecular weight is 345 g/mol. The molecule has 7 nitrogen and oxygen atoms in total. The molecule has 4 rings (SSSR count). The fraction of sp³-hybridized carbons (Fsp3) is 0.667. The van der Waals surface area contributed by atoms with Crippen molar-refractivity contribution in [2.45, 2.75) is 37.8 Å². The van der Waals surface area contributed by atoms with Crippen LogP contribution in [-0.4, -0.2) is 60.0 Å². The fourth-order valence-corrected chi connectivity index (χ4v) is 3.66. The molecule has 7 heteroatoms. The van der Waals surface area contributed by atoms with Crippen LogP contribution in [0.4, 0.5) is 5.82 Å². The van der Waals surface area contributed by atoms with Gasteiger partial charge < -0.3 is 25.1 Å². The maximum absolute atomic E-state index is 6.04. The number of nitrogens with zero attached hydrogens (tertiary/aromatic N) is 2. The van der Waals surface area contributed by atoms with Gasteiger partial charge in [0, 0.05) is 26.0 Å². The van der Waals surface area contributed by atoms with E-state index in [1.165, 1.54) is 12.8 Å². The Kier molecular flexibility index (Phi) is 5.44. The lowest BCUT2D eigenvalue weighted by molar-refractivity contribution is 0.00841. The summed E-state index contributed by atoms with van der Waals surface area (Å²) in [7, 11) is 0. The number of anilines is 1. The second-order valence-corrected chi connectivity index (χ2v) is 7.05. The molecule has 0 aromatic carbocycles. The smallest absolute Gasteiger partial charge is 0.142 e. The molecule has 2 atom stereocenters. The highest BCUT2D eigenvalue weighted by atomic mass is 16.5. The summed E-state index contributed by atoms with van der Waals surface area (Å²) in [5.41, 5.74) is 0.865. The van der Waals surface area contributed by atoms with Crippen LogP contribution in [0.2, 0.25) is 0 Å². The minimum atomic E-state index is 0.305. The summed E-state index contributed by atoms with van der Waals surface area (Å²) >= 11 is 0. The van der Waals surface area contributed by atoms with Crippen molar-refractivity contribution in [2.75, 3.05) is 38.2 Å². The predicted octanol–water partition coefficient (Wildman–Crippen LogP) is 1.93. The number of hydrogen-bond donors (Lipinski definition) is 3. The zero-order valence-corrected chi connectivity index (χ0v) is 14.5. The van der Waals surface area contributed by atoms with Crippen molar-refractivity contribution in [2.24, 2.45) is 5.92 Å². The molecule has 0 amide bonds. The van der Waals surface area contributed by atoms with Crippen LogP contribution in [0.15, 0.2) is 18.6 Å². The number of fused-ring (bicyclic) bond motifs is 1. The topological polar surface area (TPSA) is 84.1 Å². The van der Waals surface area contributed by atoms with E-state index in [1.54, 1.807) is 6.33 Å². The van der Waals surface area contributed by atoms with Gasteiger partial charge in [-0.1, -0.05) is 0 Å². The molecular weight excluding hydrogens is 318 g/mol. The number of rotatable bonds is 6. The van der Waals surface area contributed by atoms with E-state index in [2.05, 4.69) is 25.6 Å². The molecule has 0 bridgehead atoms. The standard InChI is InChI=1S/C18H27N5O2/c1-2-15(10-19-9-13-4-7-24-8-5-13)25-11-14(1)23-18-16-3-6-20-17(16)21-12-22-18/h3,6,12-15,19H,1-2,4-5,7-11H2,(H2,20,21,22,23)/t14-,15+/m1/s1. The van der Waals surface area contributed by atoms with Crippen molar-refractivity contribution >= 4 is 16.9 Å². The van der Waals surface area contributed by atoms with Crippen LogP contribution < -0.4 is 10.6 Å². The SMILES string of the molecule is c1nc(N[C@@H]2CC[C@@H](CNCC3CCOCC3)OC2)c2cc[nH]c2n1. The molecule has 0 saturated carbocycles. The molecular formula is C18H27N5O2.